The molecule has 35 heavy (non-hydrogen) atoms. The van der Waals surface area contributed by atoms with Crippen LogP contribution in [0.5, 0.6) is 5.75 Å². The summed E-state index contributed by atoms with van der Waals surface area (Å²) in [4.78, 5) is 37.5. The lowest BCUT2D eigenvalue weighted by atomic mass is 9.99. The SMILES string of the molecule is Cc1ccc([C@H](CC(=O)O)NC(=O)Nc2c(O)c(C)c(C)n(Cc3ccccc3Cl)c2=O)cc1C. The maximum Gasteiger partial charge on any atom is 0.319 e. The van der Waals surface area contributed by atoms with E-state index in [1.807, 2.05) is 26.0 Å². The molecule has 3 rings (SSSR count). The molecule has 0 aliphatic rings. The number of benzene rings is 2. The van der Waals surface area contributed by atoms with Gasteiger partial charge in [-0.3, -0.25) is 9.59 Å². The fourth-order valence-corrected chi connectivity index (χ4v) is 3.96. The lowest BCUT2D eigenvalue weighted by Crippen LogP contribution is -2.36. The first-order valence-corrected chi connectivity index (χ1v) is 11.4. The Balaban J connectivity index is 1.93. The van der Waals surface area contributed by atoms with Gasteiger partial charge in [-0.05, 0) is 56.0 Å². The summed E-state index contributed by atoms with van der Waals surface area (Å²) in [6, 6.07) is 10.8. The Morgan fingerprint density at radius 2 is 1.74 bits per heavy atom. The molecule has 0 saturated heterocycles. The number of hydrogen-bond donors (Lipinski definition) is 4. The van der Waals surface area contributed by atoms with Gasteiger partial charge in [0.25, 0.3) is 5.56 Å². The molecule has 1 aromatic heterocycles. The van der Waals surface area contributed by atoms with Gasteiger partial charge in [0.1, 0.15) is 5.75 Å². The lowest BCUT2D eigenvalue weighted by Gasteiger charge is -2.21. The average Bonchev–Trinajstić information content (AvgIpc) is 2.80. The molecule has 3 aromatic rings. The second-order valence-corrected chi connectivity index (χ2v) is 8.92. The summed E-state index contributed by atoms with van der Waals surface area (Å²) >= 11 is 6.26. The maximum atomic E-state index is 13.3. The molecule has 0 aliphatic heterocycles. The van der Waals surface area contributed by atoms with E-state index >= 15 is 0 Å². The van der Waals surface area contributed by atoms with E-state index in [1.54, 1.807) is 44.2 Å². The number of hydrogen-bond acceptors (Lipinski definition) is 4. The number of carboxylic acids is 1. The zero-order valence-corrected chi connectivity index (χ0v) is 20.7. The van der Waals surface area contributed by atoms with Crippen molar-refractivity contribution in [1.82, 2.24) is 9.88 Å². The van der Waals surface area contributed by atoms with Crippen LogP contribution in [0.1, 0.15) is 46.0 Å². The molecule has 0 spiro atoms. The van der Waals surface area contributed by atoms with E-state index < -0.39 is 23.6 Å². The number of halogens is 1. The first kappa shape index (κ1) is 25.8. The van der Waals surface area contributed by atoms with Gasteiger partial charge in [-0.2, -0.15) is 0 Å². The molecule has 0 saturated carbocycles. The molecule has 0 bridgehead atoms. The smallest absolute Gasteiger partial charge is 0.319 e. The monoisotopic (exact) mass is 497 g/mol. The highest BCUT2D eigenvalue weighted by molar-refractivity contribution is 6.31. The first-order chi connectivity index (χ1) is 16.5. The zero-order chi connectivity index (χ0) is 25.9. The van der Waals surface area contributed by atoms with Crippen LogP contribution in [0.25, 0.3) is 0 Å². The topological polar surface area (TPSA) is 121 Å². The molecule has 9 heteroatoms. The molecular formula is C26H28ClN3O5. The molecule has 0 fully saturated rings. The fourth-order valence-electron chi connectivity index (χ4n) is 3.77. The lowest BCUT2D eigenvalue weighted by molar-refractivity contribution is -0.137. The van der Waals surface area contributed by atoms with E-state index in [0.717, 1.165) is 11.1 Å². The van der Waals surface area contributed by atoms with E-state index in [2.05, 4.69) is 10.6 Å². The Labute approximate surface area is 208 Å². The first-order valence-electron chi connectivity index (χ1n) is 11.0. The van der Waals surface area contributed by atoms with Crippen molar-refractivity contribution in [2.24, 2.45) is 0 Å². The number of nitrogens with zero attached hydrogens (tertiary/aromatic N) is 1. The quantitative estimate of drug-likeness (QED) is 0.372. The number of aromatic hydroxyl groups is 1. The summed E-state index contributed by atoms with van der Waals surface area (Å²) in [7, 11) is 0. The van der Waals surface area contributed by atoms with Crippen LogP contribution in [0.3, 0.4) is 0 Å². The van der Waals surface area contributed by atoms with Crippen LogP contribution in [-0.2, 0) is 11.3 Å². The van der Waals surface area contributed by atoms with E-state index in [4.69, 9.17) is 11.6 Å². The van der Waals surface area contributed by atoms with Gasteiger partial charge in [0.2, 0.25) is 0 Å². The highest BCUT2D eigenvalue weighted by Gasteiger charge is 2.23. The van der Waals surface area contributed by atoms with Crippen molar-refractivity contribution in [3.8, 4) is 5.75 Å². The molecule has 1 atom stereocenters. The predicted octanol–water partition coefficient (Wildman–Crippen LogP) is 4.83. The van der Waals surface area contributed by atoms with Gasteiger partial charge in [0, 0.05) is 16.3 Å². The van der Waals surface area contributed by atoms with Crippen molar-refractivity contribution in [3.05, 3.63) is 91.4 Å². The Bertz CT molecular complexity index is 1350. The van der Waals surface area contributed by atoms with Gasteiger partial charge >= 0.3 is 12.0 Å². The number of nitrogens with one attached hydrogen (secondary N) is 2. The summed E-state index contributed by atoms with van der Waals surface area (Å²) in [6.45, 7) is 7.30. The van der Waals surface area contributed by atoms with Crippen LogP contribution >= 0.6 is 11.6 Å². The number of anilines is 1. The molecule has 1 heterocycles. The van der Waals surface area contributed by atoms with Crippen LogP contribution in [0.15, 0.2) is 47.3 Å². The number of amides is 2. The van der Waals surface area contributed by atoms with Crippen LogP contribution in [-0.4, -0.2) is 26.8 Å². The zero-order valence-electron chi connectivity index (χ0n) is 20.0. The van der Waals surface area contributed by atoms with Crippen LogP contribution < -0.4 is 16.2 Å². The van der Waals surface area contributed by atoms with Crippen molar-refractivity contribution in [2.45, 2.75) is 46.7 Å². The van der Waals surface area contributed by atoms with Gasteiger partial charge < -0.3 is 25.4 Å². The number of pyridine rings is 1. The summed E-state index contributed by atoms with van der Waals surface area (Å²) in [5.74, 6) is -1.44. The van der Waals surface area contributed by atoms with Gasteiger partial charge in [-0.1, -0.05) is 48.0 Å². The summed E-state index contributed by atoms with van der Waals surface area (Å²) in [5, 5.41) is 25.5. The molecule has 184 valence electrons. The molecular weight excluding hydrogens is 470 g/mol. The van der Waals surface area contributed by atoms with E-state index in [1.165, 1.54) is 4.57 Å². The third kappa shape index (κ3) is 5.84. The molecule has 2 aromatic carbocycles. The number of carbonyl (C=O) groups excluding carboxylic acids is 1. The minimum Gasteiger partial charge on any atom is -0.505 e. The number of urea groups is 1. The van der Waals surface area contributed by atoms with E-state index in [-0.39, 0.29) is 24.4 Å². The Kier molecular flexibility index (Phi) is 7.86. The van der Waals surface area contributed by atoms with Crippen LogP contribution in [0, 0.1) is 27.7 Å². The summed E-state index contributed by atoms with van der Waals surface area (Å²) in [5.41, 5.74) is 3.34. The average molecular weight is 498 g/mol. The van der Waals surface area contributed by atoms with E-state index in [9.17, 15) is 24.6 Å². The van der Waals surface area contributed by atoms with Gasteiger partial charge in [-0.25, -0.2) is 4.79 Å². The highest BCUT2D eigenvalue weighted by atomic mass is 35.5. The number of rotatable bonds is 7. The number of aliphatic carboxylic acids is 1. The molecule has 8 nitrogen and oxygen atoms in total. The largest absolute Gasteiger partial charge is 0.505 e. The minimum absolute atomic E-state index is 0.145. The van der Waals surface area contributed by atoms with Crippen molar-refractivity contribution >= 4 is 29.3 Å². The summed E-state index contributed by atoms with van der Waals surface area (Å²) in [6.07, 6.45) is -0.356. The summed E-state index contributed by atoms with van der Waals surface area (Å²) < 4.78 is 1.42. The van der Waals surface area contributed by atoms with Crippen LogP contribution in [0.4, 0.5) is 10.5 Å². The Morgan fingerprint density at radius 1 is 1.06 bits per heavy atom. The van der Waals surface area contributed by atoms with Crippen LogP contribution in [0.2, 0.25) is 5.02 Å². The second kappa shape index (κ2) is 10.7. The van der Waals surface area contributed by atoms with Gasteiger partial charge in [0.05, 0.1) is 19.0 Å². The third-order valence-electron chi connectivity index (χ3n) is 6.14. The number of aromatic nitrogens is 1. The number of aryl methyl sites for hydroxylation is 2. The third-order valence-corrected chi connectivity index (χ3v) is 6.51. The molecule has 0 unspecified atom stereocenters. The highest BCUT2D eigenvalue weighted by Crippen LogP contribution is 2.28. The number of carboxylic acid groups (broad SMARTS) is 1. The molecule has 0 aliphatic carbocycles. The maximum absolute atomic E-state index is 13.3. The van der Waals surface area contributed by atoms with Crippen molar-refractivity contribution < 1.29 is 19.8 Å². The van der Waals surface area contributed by atoms with Gasteiger partial charge in [-0.15, -0.1) is 0 Å². The number of carbonyl (C=O) groups is 2. The van der Waals surface area contributed by atoms with E-state index in [0.29, 0.717) is 27.4 Å². The second-order valence-electron chi connectivity index (χ2n) is 8.51. The van der Waals surface area contributed by atoms with Crippen molar-refractivity contribution in [3.63, 3.8) is 0 Å². The molecule has 2 amide bonds. The predicted molar refractivity (Wildman–Crippen MR) is 135 cm³/mol. The van der Waals surface area contributed by atoms with Crippen molar-refractivity contribution in [2.75, 3.05) is 5.32 Å². The molecule has 4 N–H and O–H groups in total. The Hall–Kier alpha value is -3.78. The molecule has 0 radical (unpaired) electrons. The minimum atomic E-state index is -1.09. The standard InChI is InChI=1S/C26H28ClN3O5/c1-14-9-10-18(11-15(14)2)21(12-22(31)32)28-26(35)29-23-24(33)16(3)17(4)30(25(23)34)13-19-7-5-6-8-20(19)27/h5-11,21,33H,12-13H2,1-4H3,(H,31,32)(H2,28,29,35)/t21-/m0/s1. The van der Waals surface area contributed by atoms with Gasteiger partial charge in [0.15, 0.2) is 5.69 Å². The van der Waals surface area contributed by atoms with Crippen molar-refractivity contribution in [1.29, 1.82) is 0 Å². The normalized spacial score (nSPS) is 11.7. The Morgan fingerprint density at radius 3 is 2.37 bits per heavy atom. The fraction of sp³-hybridized carbons (Fsp3) is 0.269.